The van der Waals surface area contributed by atoms with Gasteiger partial charge in [-0.1, -0.05) is 0 Å². The number of aryl methyl sites for hydroxylation is 2. The standard InChI is InChI=1S/C20H20N8O/c1-13-23-19-16(9-22-26(19)2)20(24-13)27-10-14(11-27)12-28-18(29)4-3-17(25-28)15-5-7-21-8-6-15/h3-9,14H,10-12H2,1-2H3. The van der Waals surface area contributed by atoms with Crippen molar-refractivity contribution in [2.24, 2.45) is 13.0 Å². The Labute approximate surface area is 166 Å². The average Bonchev–Trinajstić information content (AvgIpc) is 3.06. The Bertz CT molecular complexity index is 1240. The molecule has 1 aliphatic heterocycles. The van der Waals surface area contributed by atoms with E-state index in [0.717, 1.165) is 47.0 Å². The van der Waals surface area contributed by atoms with Crippen molar-refractivity contribution in [1.82, 2.24) is 34.5 Å². The molecule has 1 aliphatic rings. The SMILES string of the molecule is Cc1nc(N2CC(Cn3nc(-c4ccncc4)ccc3=O)C2)c2cnn(C)c2n1. The fraction of sp³-hybridized carbons (Fsp3) is 0.300. The summed E-state index contributed by atoms with van der Waals surface area (Å²) in [5.74, 6) is 1.96. The van der Waals surface area contributed by atoms with Crippen LogP contribution in [0.4, 0.5) is 5.82 Å². The van der Waals surface area contributed by atoms with Crippen molar-refractivity contribution in [3.8, 4) is 11.3 Å². The molecule has 0 aromatic carbocycles. The minimum absolute atomic E-state index is 0.0891. The summed E-state index contributed by atoms with van der Waals surface area (Å²) < 4.78 is 3.32. The zero-order valence-electron chi connectivity index (χ0n) is 16.2. The predicted octanol–water partition coefficient (Wildman–Crippen LogP) is 1.43. The van der Waals surface area contributed by atoms with Gasteiger partial charge in [-0.15, -0.1) is 0 Å². The van der Waals surface area contributed by atoms with Gasteiger partial charge in [-0.2, -0.15) is 10.2 Å². The summed E-state index contributed by atoms with van der Waals surface area (Å²) in [4.78, 5) is 27.6. The molecule has 0 aliphatic carbocycles. The second-order valence-electron chi connectivity index (χ2n) is 7.35. The van der Waals surface area contributed by atoms with Crippen LogP contribution in [0.5, 0.6) is 0 Å². The monoisotopic (exact) mass is 388 g/mol. The first kappa shape index (κ1) is 17.5. The van der Waals surface area contributed by atoms with E-state index in [0.29, 0.717) is 12.5 Å². The molecule has 9 nitrogen and oxygen atoms in total. The topological polar surface area (TPSA) is 94.6 Å². The van der Waals surface area contributed by atoms with Crippen molar-refractivity contribution >= 4 is 16.9 Å². The van der Waals surface area contributed by atoms with Gasteiger partial charge in [0.2, 0.25) is 0 Å². The van der Waals surface area contributed by atoms with Crippen molar-refractivity contribution in [3.63, 3.8) is 0 Å². The van der Waals surface area contributed by atoms with Gasteiger partial charge >= 0.3 is 0 Å². The normalized spacial score (nSPS) is 14.3. The Morgan fingerprint density at radius 3 is 2.69 bits per heavy atom. The Hall–Kier alpha value is -3.62. The third-order valence-corrected chi connectivity index (χ3v) is 5.21. The second kappa shape index (κ2) is 6.77. The van der Waals surface area contributed by atoms with Crippen molar-refractivity contribution in [2.75, 3.05) is 18.0 Å². The molecular weight excluding hydrogens is 368 g/mol. The van der Waals surface area contributed by atoms with Crippen LogP contribution in [0.3, 0.4) is 0 Å². The number of aromatic nitrogens is 7. The molecule has 4 aromatic heterocycles. The van der Waals surface area contributed by atoms with Gasteiger partial charge in [-0.25, -0.2) is 14.6 Å². The Morgan fingerprint density at radius 2 is 1.90 bits per heavy atom. The Morgan fingerprint density at radius 1 is 1.10 bits per heavy atom. The van der Waals surface area contributed by atoms with E-state index in [2.05, 4.69) is 30.0 Å². The van der Waals surface area contributed by atoms with Gasteiger partial charge in [-0.05, 0) is 25.1 Å². The summed E-state index contributed by atoms with van der Waals surface area (Å²) >= 11 is 0. The van der Waals surface area contributed by atoms with Crippen molar-refractivity contribution in [2.45, 2.75) is 13.5 Å². The zero-order valence-corrected chi connectivity index (χ0v) is 16.2. The van der Waals surface area contributed by atoms with Crippen LogP contribution in [0.1, 0.15) is 5.82 Å². The molecule has 0 unspecified atom stereocenters. The van der Waals surface area contributed by atoms with Crippen molar-refractivity contribution in [3.05, 3.63) is 59.0 Å². The lowest BCUT2D eigenvalue weighted by Crippen LogP contribution is -2.50. The molecule has 0 radical (unpaired) electrons. The number of hydrogen-bond acceptors (Lipinski definition) is 7. The number of rotatable bonds is 4. The minimum atomic E-state index is -0.0891. The van der Waals surface area contributed by atoms with E-state index in [9.17, 15) is 4.79 Å². The maximum Gasteiger partial charge on any atom is 0.266 e. The summed E-state index contributed by atoms with van der Waals surface area (Å²) in [5.41, 5.74) is 2.46. The average molecular weight is 388 g/mol. The molecule has 0 saturated carbocycles. The highest BCUT2D eigenvalue weighted by atomic mass is 16.1. The van der Waals surface area contributed by atoms with Gasteiger partial charge in [0, 0.05) is 50.1 Å². The highest BCUT2D eigenvalue weighted by Crippen LogP contribution is 2.29. The quantitative estimate of drug-likeness (QED) is 0.522. The second-order valence-corrected chi connectivity index (χ2v) is 7.35. The molecule has 0 bridgehead atoms. The molecule has 5 heterocycles. The lowest BCUT2D eigenvalue weighted by molar-refractivity contribution is 0.334. The van der Waals surface area contributed by atoms with Crippen LogP contribution >= 0.6 is 0 Å². The van der Waals surface area contributed by atoms with E-state index in [1.54, 1.807) is 33.9 Å². The molecule has 5 rings (SSSR count). The van der Waals surface area contributed by atoms with Gasteiger partial charge in [-0.3, -0.25) is 14.5 Å². The summed E-state index contributed by atoms with van der Waals surface area (Å²) in [5, 5.41) is 9.80. The largest absolute Gasteiger partial charge is 0.355 e. The van der Waals surface area contributed by atoms with E-state index in [1.807, 2.05) is 32.3 Å². The molecule has 9 heteroatoms. The predicted molar refractivity (Wildman–Crippen MR) is 108 cm³/mol. The lowest BCUT2D eigenvalue weighted by Gasteiger charge is -2.40. The summed E-state index contributed by atoms with van der Waals surface area (Å²) in [6.07, 6.45) is 5.25. The van der Waals surface area contributed by atoms with E-state index < -0.39 is 0 Å². The molecule has 0 N–H and O–H groups in total. The van der Waals surface area contributed by atoms with Gasteiger partial charge in [0.15, 0.2) is 5.65 Å². The van der Waals surface area contributed by atoms with Crippen LogP contribution in [0.25, 0.3) is 22.3 Å². The highest BCUT2D eigenvalue weighted by Gasteiger charge is 2.30. The number of hydrogen-bond donors (Lipinski definition) is 0. The molecule has 146 valence electrons. The molecule has 1 saturated heterocycles. The Balaban J connectivity index is 1.35. The maximum atomic E-state index is 12.3. The number of fused-ring (bicyclic) bond motifs is 1. The van der Waals surface area contributed by atoms with Crippen LogP contribution in [-0.2, 0) is 13.6 Å². The first-order valence-corrected chi connectivity index (χ1v) is 9.48. The first-order chi connectivity index (χ1) is 14.1. The van der Waals surface area contributed by atoms with E-state index in [1.165, 1.54) is 0 Å². The van der Waals surface area contributed by atoms with Gasteiger partial charge in [0.25, 0.3) is 5.56 Å². The first-order valence-electron chi connectivity index (χ1n) is 9.48. The fourth-order valence-corrected chi connectivity index (χ4v) is 3.71. The molecule has 29 heavy (non-hydrogen) atoms. The maximum absolute atomic E-state index is 12.3. The molecule has 0 atom stereocenters. The molecule has 4 aromatic rings. The summed E-state index contributed by atoms with van der Waals surface area (Å²) in [6.45, 7) is 4.10. The molecule has 1 fully saturated rings. The number of nitrogens with zero attached hydrogens (tertiary/aromatic N) is 8. The Kier molecular flexibility index (Phi) is 4.08. The van der Waals surface area contributed by atoms with E-state index in [-0.39, 0.29) is 5.56 Å². The zero-order chi connectivity index (χ0) is 20.0. The summed E-state index contributed by atoms with van der Waals surface area (Å²) in [6, 6.07) is 7.10. The molecular formula is C20H20N8O. The third kappa shape index (κ3) is 3.14. The minimum Gasteiger partial charge on any atom is -0.355 e. The van der Waals surface area contributed by atoms with Crippen molar-refractivity contribution in [1.29, 1.82) is 0 Å². The van der Waals surface area contributed by atoms with Crippen LogP contribution in [-0.4, -0.2) is 47.6 Å². The number of anilines is 1. The van der Waals surface area contributed by atoms with Crippen LogP contribution < -0.4 is 10.5 Å². The lowest BCUT2D eigenvalue weighted by atomic mass is 10.00. The summed E-state index contributed by atoms with van der Waals surface area (Å²) in [7, 11) is 1.88. The third-order valence-electron chi connectivity index (χ3n) is 5.21. The van der Waals surface area contributed by atoms with Gasteiger partial charge in [0.1, 0.15) is 11.6 Å². The molecule has 0 amide bonds. The van der Waals surface area contributed by atoms with Crippen LogP contribution in [0, 0.1) is 12.8 Å². The van der Waals surface area contributed by atoms with Crippen LogP contribution in [0.15, 0.2) is 47.7 Å². The highest BCUT2D eigenvalue weighted by molar-refractivity contribution is 5.87. The van der Waals surface area contributed by atoms with Crippen LogP contribution in [0.2, 0.25) is 0 Å². The van der Waals surface area contributed by atoms with Gasteiger partial charge in [0.05, 0.1) is 23.8 Å². The molecule has 0 spiro atoms. The van der Waals surface area contributed by atoms with Crippen molar-refractivity contribution < 1.29 is 0 Å². The van der Waals surface area contributed by atoms with E-state index in [4.69, 9.17) is 0 Å². The number of pyridine rings is 1. The van der Waals surface area contributed by atoms with Gasteiger partial charge < -0.3 is 4.90 Å². The smallest absolute Gasteiger partial charge is 0.266 e. The fourth-order valence-electron chi connectivity index (χ4n) is 3.71. The van der Waals surface area contributed by atoms with E-state index >= 15 is 0 Å².